The van der Waals surface area contributed by atoms with Crippen molar-refractivity contribution in [2.75, 3.05) is 19.8 Å². The molecule has 0 aliphatic carbocycles. The Kier molecular flexibility index (Phi) is 5.79. The molecule has 3 aliphatic rings. The van der Waals surface area contributed by atoms with E-state index in [4.69, 9.17) is 23.7 Å². The molecule has 3 aliphatic heterocycles. The van der Waals surface area contributed by atoms with E-state index in [0.29, 0.717) is 6.61 Å². The summed E-state index contributed by atoms with van der Waals surface area (Å²) in [4.78, 5) is 0. The van der Waals surface area contributed by atoms with E-state index in [9.17, 15) is 0 Å². The molecule has 0 aromatic heterocycles. The Balaban J connectivity index is 1.49. The Morgan fingerprint density at radius 2 is 1.86 bits per heavy atom. The highest BCUT2D eigenvalue weighted by molar-refractivity contribution is 6.14. The maximum atomic E-state index is 6.25. The van der Waals surface area contributed by atoms with Crippen molar-refractivity contribution in [1.82, 2.24) is 0 Å². The van der Waals surface area contributed by atoms with Gasteiger partial charge < -0.3 is 23.7 Å². The lowest BCUT2D eigenvalue weighted by Crippen LogP contribution is -2.48. The zero-order valence-electron chi connectivity index (χ0n) is 13.9. The monoisotopic (exact) mass is 312 g/mol. The molecule has 0 amide bonds. The second-order valence-corrected chi connectivity index (χ2v) is 7.08. The van der Waals surface area contributed by atoms with Crippen molar-refractivity contribution >= 4 is 7.85 Å². The van der Waals surface area contributed by atoms with Gasteiger partial charge in [0, 0.05) is 25.1 Å². The molecule has 5 unspecified atom stereocenters. The van der Waals surface area contributed by atoms with Crippen molar-refractivity contribution in [2.24, 2.45) is 0 Å². The molecule has 0 N–H and O–H groups in total. The van der Waals surface area contributed by atoms with Gasteiger partial charge >= 0.3 is 0 Å². The summed E-state index contributed by atoms with van der Waals surface area (Å²) in [5.74, 6) is 0. The second-order valence-electron chi connectivity index (χ2n) is 7.08. The van der Waals surface area contributed by atoms with Crippen LogP contribution in [0.3, 0.4) is 0 Å². The van der Waals surface area contributed by atoms with Gasteiger partial charge in [-0.05, 0) is 45.4 Å². The summed E-state index contributed by atoms with van der Waals surface area (Å²) in [5.41, 5.74) is -0.207. The third kappa shape index (κ3) is 4.68. The highest BCUT2D eigenvalue weighted by atomic mass is 16.7. The Hall–Kier alpha value is -0.135. The fourth-order valence-electron chi connectivity index (χ4n) is 3.53. The number of ether oxygens (including phenoxy) is 5. The fourth-order valence-corrected chi connectivity index (χ4v) is 3.53. The Morgan fingerprint density at radius 1 is 1.00 bits per heavy atom. The molecule has 22 heavy (non-hydrogen) atoms. The summed E-state index contributed by atoms with van der Waals surface area (Å²) in [5, 5.41) is 0. The van der Waals surface area contributed by atoms with Gasteiger partial charge in [-0.3, -0.25) is 0 Å². The van der Waals surface area contributed by atoms with E-state index in [0.717, 1.165) is 51.7 Å². The van der Waals surface area contributed by atoms with Gasteiger partial charge in [-0.2, -0.15) is 0 Å². The highest BCUT2D eigenvalue weighted by Gasteiger charge is 2.38. The first kappa shape index (κ1) is 16.7. The highest BCUT2D eigenvalue weighted by Crippen LogP contribution is 2.31. The molecule has 0 radical (unpaired) electrons. The van der Waals surface area contributed by atoms with Gasteiger partial charge in [-0.1, -0.05) is 0 Å². The first-order chi connectivity index (χ1) is 10.6. The number of hydrogen-bond acceptors (Lipinski definition) is 5. The summed E-state index contributed by atoms with van der Waals surface area (Å²) in [6.07, 6.45) is 7.21. The third-order valence-corrected chi connectivity index (χ3v) is 4.87. The molecule has 3 saturated heterocycles. The van der Waals surface area contributed by atoms with Crippen LogP contribution in [0.5, 0.6) is 0 Å². The van der Waals surface area contributed by atoms with Crippen LogP contribution >= 0.6 is 0 Å². The van der Waals surface area contributed by atoms with Crippen molar-refractivity contribution in [3.8, 4) is 0 Å². The van der Waals surface area contributed by atoms with E-state index in [1.54, 1.807) is 0 Å². The zero-order valence-corrected chi connectivity index (χ0v) is 13.9. The first-order valence-electron chi connectivity index (χ1n) is 8.81. The van der Waals surface area contributed by atoms with Crippen LogP contribution in [0.25, 0.3) is 0 Å². The van der Waals surface area contributed by atoms with E-state index >= 15 is 0 Å². The standard InChI is InChI=1S/C16H29BO5/c1-12-10-13(5-8-18-12)21-15-11-16(17,6-9-20-15)22-14-4-2-3-7-19-14/h12-15H,2-11,17H2,1H3. The van der Waals surface area contributed by atoms with Crippen LogP contribution in [-0.4, -0.2) is 58.0 Å². The smallest absolute Gasteiger partial charge is 0.159 e. The van der Waals surface area contributed by atoms with Gasteiger partial charge in [0.1, 0.15) is 7.85 Å². The molecular formula is C16H29BO5. The lowest BCUT2D eigenvalue weighted by molar-refractivity contribution is -0.265. The molecule has 0 saturated carbocycles. The van der Waals surface area contributed by atoms with E-state index in [2.05, 4.69) is 14.8 Å². The maximum absolute atomic E-state index is 6.25. The molecule has 0 aromatic carbocycles. The third-order valence-electron chi connectivity index (χ3n) is 4.87. The molecule has 5 atom stereocenters. The predicted octanol–water partition coefficient (Wildman–Crippen LogP) is 1.58. The molecule has 3 fully saturated rings. The van der Waals surface area contributed by atoms with Crippen LogP contribution in [0.15, 0.2) is 0 Å². The maximum Gasteiger partial charge on any atom is 0.159 e. The molecule has 126 valence electrons. The van der Waals surface area contributed by atoms with Crippen LogP contribution in [0, 0.1) is 0 Å². The first-order valence-corrected chi connectivity index (χ1v) is 8.81. The molecule has 3 heterocycles. The summed E-state index contributed by atoms with van der Waals surface area (Å²) < 4.78 is 29.5. The van der Waals surface area contributed by atoms with Crippen molar-refractivity contribution in [1.29, 1.82) is 0 Å². The fraction of sp³-hybridized carbons (Fsp3) is 1.00. The summed E-state index contributed by atoms with van der Waals surface area (Å²) in [7, 11) is 2.16. The number of hydrogen-bond donors (Lipinski definition) is 0. The Bertz CT molecular complexity index is 349. The molecule has 5 nitrogen and oxygen atoms in total. The quantitative estimate of drug-likeness (QED) is 0.738. The van der Waals surface area contributed by atoms with Gasteiger partial charge in [0.25, 0.3) is 0 Å². The van der Waals surface area contributed by atoms with Crippen LogP contribution in [0.2, 0.25) is 0 Å². The molecule has 6 heteroatoms. The summed E-state index contributed by atoms with van der Waals surface area (Å²) >= 11 is 0. The van der Waals surface area contributed by atoms with E-state index in [1.807, 2.05) is 0 Å². The van der Waals surface area contributed by atoms with Crippen molar-refractivity contribution in [2.45, 2.75) is 82.2 Å². The molecule has 3 rings (SSSR count). The lowest BCUT2D eigenvalue weighted by atomic mass is 9.74. The van der Waals surface area contributed by atoms with Crippen LogP contribution in [0.1, 0.15) is 51.9 Å². The largest absolute Gasteiger partial charge is 0.378 e. The normalized spacial score (nSPS) is 43.9. The number of rotatable bonds is 4. The SMILES string of the molecule is BC1(OC2CCCCO2)CCOC(OC2CCOC(C)C2)C1. The lowest BCUT2D eigenvalue weighted by Gasteiger charge is -2.42. The second kappa shape index (κ2) is 7.62. The molecule has 0 aromatic rings. The van der Waals surface area contributed by atoms with E-state index in [-0.39, 0.29) is 30.3 Å². The minimum atomic E-state index is -0.207. The zero-order chi connectivity index (χ0) is 15.4. The van der Waals surface area contributed by atoms with Crippen LogP contribution in [0.4, 0.5) is 0 Å². The minimum absolute atomic E-state index is 0.0550. The van der Waals surface area contributed by atoms with Gasteiger partial charge in [-0.25, -0.2) is 0 Å². The average molecular weight is 312 g/mol. The van der Waals surface area contributed by atoms with Crippen molar-refractivity contribution < 1.29 is 23.7 Å². The molecule has 0 bridgehead atoms. The van der Waals surface area contributed by atoms with Crippen LogP contribution in [-0.2, 0) is 23.7 Å². The van der Waals surface area contributed by atoms with Crippen LogP contribution < -0.4 is 0 Å². The van der Waals surface area contributed by atoms with E-state index < -0.39 is 0 Å². The average Bonchev–Trinajstić information content (AvgIpc) is 2.48. The summed E-state index contributed by atoms with van der Waals surface area (Å²) in [6, 6.07) is 0. The van der Waals surface area contributed by atoms with Crippen molar-refractivity contribution in [3.05, 3.63) is 0 Å². The molecule has 0 spiro atoms. The minimum Gasteiger partial charge on any atom is -0.378 e. The Labute approximate surface area is 134 Å². The summed E-state index contributed by atoms with van der Waals surface area (Å²) in [6.45, 7) is 4.39. The van der Waals surface area contributed by atoms with Gasteiger partial charge in [0.2, 0.25) is 0 Å². The van der Waals surface area contributed by atoms with Gasteiger partial charge in [0.05, 0.1) is 18.8 Å². The molecular weight excluding hydrogens is 283 g/mol. The van der Waals surface area contributed by atoms with Gasteiger partial charge in [0.15, 0.2) is 12.6 Å². The Morgan fingerprint density at radius 3 is 2.64 bits per heavy atom. The predicted molar refractivity (Wildman–Crippen MR) is 84.4 cm³/mol. The van der Waals surface area contributed by atoms with Crippen molar-refractivity contribution in [3.63, 3.8) is 0 Å². The topological polar surface area (TPSA) is 46.2 Å². The van der Waals surface area contributed by atoms with Gasteiger partial charge in [-0.15, -0.1) is 0 Å². The van der Waals surface area contributed by atoms with E-state index in [1.165, 1.54) is 6.42 Å².